The predicted octanol–water partition coefficient (Wildman–Crippen LogP) is 4.31. The second kappa shape index (κ2) is 9.93. The van der Waals surface area contributed by atoms with Gasteiger partial charge >= 0.3 is 10.1 Å². The Kier molecular flexibility index (Phi) is 7.27. The van der Waals surface area contributed by atoms with Crippen molar-refractivity contribution in [3.8, 4) is 5.75 Å². The van der Waals surface area contributed by atoms with Crippen LogP contribution in [0.3, 0.4) is 0 Å². The van der Waals surface area contributed by atoms with Crippen molar-refractivity contribution < 1.29 is 27.0 Å². The number of hydrogen-bond donors (Lipinski definition) is 0. The van der Waals surface area contributed by atoms with Crippen LogP contribution in [0.15, 0.2) is 60.5 Å². The second-order valence-corrected chi connectivity index (χ2v) is 8.81. The third kappa shape index (κ3) is 4.98. The first kappa shape index (κ1) is 23.4. The van der Waals surface area contributed by atoms with E-state index in [1.165, 1.54) is 12.1 Å². The number of unbranched alkanes of at least 4 members (excludes halogenated alkanes) is 1. The molecule has 2 aromatic carbocycles. The number of imide groups is 1. The van der Waals surface area contributed by atoms with Gasteiger partial charge in [0, 0.05) is 6.42 Å². The van der Waals surface area contributed by atoms with Gasteiger partial charge < -0.3 is 4.74 Å². The molecule has 1 saturated heterocycles. The zero-order valence-electron chi connectivity index (χ0n) is 17.8. The molecule has 2 amide bonds. The lowest BCUT2D eigenvalue weighted by molar-refractivity contribution is -0.164. The quantitative estimate of drug-likeness (QED) is 0.392. The molecule has 3 rings (SSSR count). The summed E-state index contributed by atoms with van der Waals surface area (Å²) >= 11 is 0. The van der Waals surface area contributed by atoms with Gasteiger partial charge in [0.2, 0.25) is 0 Å². The third-order valence-corrected chi connectivity index (χ3v) is 6.30. The van der Waals surface area contributed by atoms with Crippen LogP contribution >= 0.6 is 0 Å². The van der Waals surface area contributed by atoms with E-state index in [0.717, 1.165) is 18.4 Å². The van der Waals surface area contributed by atoms with Gasteiger partial charge in [0.15, 0.2) is 0 Å². The predicted molar refractivity (Wildman–Crippen MR) is 121 cm³/mol. The SMILES string of the molecule is C=Cc1ccc(S(=O)(=O)ON2C(=O)CC(c3cc(OCCCC)ccc3C=C)C2=O)cc1. The van der Waals surface area contributed by atoms with Crippen molar-refractivity contribution in [1.29, 1.82) is 0 Å². The van der Waals surface area contributed by atoms with Crippen LogP contribution in [0.5, 0.6) is 5.75 Å². The molecule has 1 atom stereocenters. The number of ether oxygens (including phenoxy) is 1. The van der Waals surface area contributed by atoms with E-state index in [0.29, 0.717) is 28.5 Å². The summed E-state index contributed by atoms with van der Waals surface area (Å²) in [7, 11) is -4.37. The number of carbonyl (C=O) groups excluding carboxylic acids is 2. The number of benzene rings is 2. The lowest BCUT2D eigenvalue weighted by Crippen LogP contribution is -2.33. The Morgan fingerprint density at radius 1 is 1.09 bits per heavy atom. The molecule has 0 spiro atoms. The summed E-state index contributed by atoms with van der Waals surface area (Å²) in [5.41, 5.74) is 1.91. The van der Waals surface area contributed by atoms with Crippen molar-refractivity contribution in [2.45, 2.75) is 37.0 Å². The lowest BCUT2D eigenvalue weighted by atomic mass is 9.92. The van der Waals surface area contributed by atoms with Gasteiger partial charge in [-0.05, 0) is 47.4 Å². The Labute approximate surface area is 188 Å². The van der Waals surface area contributed by atoms with Gasteiger partial charge in [-0.2, -0.15) is 8.42 Å². The molecule has 1 heterocycles. The zero-order valence-corrected chi connectivity index (χ0v) is 18.6. The number of hydroxylamine groups is 2. The lowest BCUT2D eigenvalue weighted by Gasteiger charge is -2.16. The number of hydrogen-bond acceptors (Lipinski definition) is 6. The van der Waals surface area contributed by atoms with E-state index in [2.05, 4.69) is 20.1 Å². The maximum Gasteiger partial charge on any atom is 0.318 e. The molecule has 0 bridgehead atoms. The highest BCUT2D eigenvalue weighted by atomic mass is 32.2. The number of nitrogens with zero attached hydrogens (tertiary/aromatic N) is 1. The summed E-state index contributed by atoms with van der Waals surface area (Å²) in [6.45, 7) is 9.95. The Hall–Kier alpha value is -3.23. The summed E-state index contributed by atoms with van der Waals surface area (Å²) in [5.74, 6) is -1.83. The molecule has 0 radical (unpaired) electrons. The van der Waals surface area contributed by atoms with E-state index in [1.807, 2.05) is 0 Å². The molecule has 0 N–H and O–H groups in total. The van der Waals surface area contributed by atoms with Crippen molar-refractivity contribution in [2.75, 3.05) is 6.61 Å². The monoisotopic (exact) mass is 455 g/mol. The first-order valence-corrected chi connectivity index (χ1v) is 11.6. The summed E-state index contributed by atoms with van der Waals surface area (Å²) in [6.07, 6.45) is 4.77. The highest BCUT2D eigenvalue weighted by Crippen LogP contribution is 2.35. The normalized spacial score (nSPS) is 16.3. The zero-order chi connectivity index (χ0) is 23.3. The molecular formula is C24H25NO6S. The highest BCUT2D eigenvalue weighted by molar-refractivity contribution is 7.86. The molecule has 0 saturated carbocycles. The van der Waals surface area contributed by atoms with Crippen LogP contribution in [0.25, 0.3) is 12.2 Å². The minimum Gasteiger partial charge on any atom is -0.494 e. The van der Waals surface area contributed by atoms with Gasteiger partial charge in [0.05, 0.1) is 17.4 Å². The van der Waals surface area contributed by atoms with Gasteiger partial charge in [-0.1, -0.05) is 56.9 Å². The van der Waals surface area contributed by atoms with Crippen molar-refractivity contribution in [3.63, 3.8) is 0 Å². The molecule has 1 aliphatic heterocycles. The van der Waals surface area contributed by atoms with Crippen molar-refractivity contribution in [3.05, 3.63) is 72.3 Å². The van der Waals surface area contributed by atoms with E-state index in [9.17, 15) is 18.0 Å². The maximum atomic E-state index is 13.0. The molecule has 0 aliphatic carbocycles. The summed E-state index contributed by atoms with van der Waals surface area (Å²) < 4.78 is 35.9. The third-order valence-electron chi connectivity index (χ3n) is 5.10. The Morgan fingerprint density at radius 2 is 1.81 bits per heavy atom. The van der Waals surface area contributed by atoms with Gasteiger partial charge in [-0.15, -0.1) is 9.35 Å². The molecule has 1 aliphatic rings. The highest BCUT2D eigenvalue weighted by Gasteiger charge is 2.44. The van der Waals surface area contributed by atoms with Crippen LogP contribution < -0.4 is 4.74 Å². The fourth-order valence-electron chi connectivity index (χ4n) is 3.31. The van der Waals surface area contributed by atoms with Gasteiger partial charge in [-0.25, -0.2) is 0 Å². The standard InChI is InChI=1S/C24H25NO6S/c1-4-7-14-30-19-11-10-18(6-3)21(15-19)22-16-23(26)25(24(22)27)31-32(28,29)20-12-8-17(5-2)9-13-20/h5-6,8-13,15,22H,2-4,7,14,16H2,1H3. The van der Waals surface area contributed by atoms with E-state index in [4.69, 9.17) is 9.02 Å². The van der Waals surface area contributed by atoms with E-state index >= 15 is 0 Å². The average Bonchev–Trinajstić information content (AvgIpc) is 3.07. The number of carbonyl (C=O) groups is 2. The number of amides is 2. The first-order valence-electron chi connectivity index (χ1n) is 10.2. The van der Waals surface area contributed by atoms with Crippen LogP contribution in [0.4, 0.5) is 0 Å². The summed E-state index contributed by atoms with van der Waals surface area (Å²) in [6, 6.07) is 10.9. The minimum atomic E-state index is -4.37. The van der Waals surface area contributed by atoms with Crippen LogP contribution in [-0.4, -0.2) is 31.9 Å². The van der Waals surface area contributed by atoms with E-state index in [1.54, 1.807) is 42.5 Å². The molecule has 0 aromatic heterocycles. The smallest absolute Gasteiger partial charge is 0.318 e. The molecular weight excluding hydrogens is 430 g/mol. The van der Waals surface area contributed by atoms with Crippen molar-refractivity contribution in [2.24, 2.45) is 0 Å². The first-order chi connectivity index (χ1) is 15.3. The van der Waals surface area contributed by atoms with Crippen LogP contribution in [-0.2, 0) is 24.0 Å². The largest absolute Gasteiger partial charge is 0.494 e. The molecule has 1 unspecified atom stereocenters. The number of rotatable bonds is 10. The molecule has 2 aromatic rings. The van der Waals surface area contributed by atoms with Crippen LogP contribution in [0.1, 0.15) is 48.8 Å². The molecule has 7 nitrogen and oxygen atoms in total. The van der Waals surface area contributed by atoms with Crippen molar-refractivity contribution >= 4 is 34.1 Å². The van der Waals surface area contributed by atoms with E-state index in [-0.39, 0.29) is 11.3 Å². The maximum absolute atomic E-state index is 13.0. The molecule has 168 valence electrons. The molecule has 8 heteroatoms. The Bertz CT molecular complexity index is 1140. The average molecular weight is 456 g/mol. The topological polar surface area (TPSA) is 90.0 Å². The summed E-state index contributed by atoms with van der Waals surface area (Å²) in [5, 5.41) is 0.332. The Morgan fingerprint density at radius 3 is 2.44 bits per heavy atom. The second-order valence-electron chi connectivity index (χ2n) is 7.28. The molecule has 1 fully saturated rings. The minimum absolute atomic E-state index is 0.176. The van der Waals surface area contributed by atoms with Gasteiger partial charge in [-0.3, -0.25) is 9.59 Å². The van der Waals surface area contributed by atoms with Gasteiger partial charge in [0.1, 0.15) is 5.75 Å². The molecule has 32 heavy (non-hydrogen) atoms. The fraction of sp³-hybridized carbons (Fsp3) is 0.250. The van der Waals surface area contributed by atoms with Crippen molar-refractivity contribution in [1.82, 2.24) is 5.06 Å². The van der Waals surface area contributed by atoms with Crippen LogP contribution in [0, 0.1) is 0 Å². The fourth-order valence-corrected chi connectivity index (χ4v) is 4.22. The van der Waals surface area contributed by atoms with Gasteiger partial charge in [0.25, 0.3) is 11.8 Å². The van der Waals surface area contributed by atoms with E-state index < -0.39 is 27.9 Å². The summed E-state index contributed by atoms with van der Waals surface area (Å²) in [4.78, 5) is 25.3. The Balaban J connectivity index is 1.84. The van der Waals surface area contributed by atoms with Crippen LogP contribution in [0.2, 0.25) is 0 Å².